The number of rotatable bonds is 8. The quantitative estimate of drug-likeness (QED) is 0.386. The van der Waals surface area contributed by atoms with E-state index in [1.165, 1.54) is 0 Å². The second-order valence-corrected chi connectivity index (χ2v) is 6.14. The lowest BCUT2D eigenvalue weighted by Gasteiger charge is -2.17. The fraction of sp³-hybridized carbons (Fsp3) is 0.357. The number of hydrogen-bond acceptors (Lipinski definition) is 7. The zero-order valence-corrected chi connectivity index (χ0v) is 14.9. The zero-order chi connectivity index (χ0) is 19.3. The molecular weight excluding hydrogens is 366 g/mol. The summed E-state index contributed by atoms with van der Waals surface area (Å²) in [5.41, 5.74) is 11.1. The van der Waals surface area contributed by atoms with E-state index in [1.54, 1.807) is 13.0 Å². The van der Waals surface area contributed by atoms with Gasteiger partial charge in [-0.15, -0.1) is 0 Å². The summed E-state index contributed by atoms with van der Waals surface area (Å²) < 4.78 is 0. The van der Waals surface area contributed by atoms with Gasteiger partial charge in [-0.1, -0.05) is 31.4 Å². The first-order valence-electron chi connectivity index (χ1n) is 7.09. The molecule has 0 bridgehead atoms. The van der Waals surface area contributed by atoms with Crippen LogP contribution in [0.3, 0.4) is 0 Å². The van der Waals surface area contributed by atoms with Crippen LogP contribution in [0.1, 0.15) is 35.6 Å². The number of nitro groups is 2. The van der Waals surface area contributed by atoms with Gasteiger partial charge in [-0.2, -0.15) is 5.26 Å². The van der Waals surface area contributed by atoms with Crippen LogP contribution in [-0.2, 0) is 6.42 Å². The van der Waals surface area contributed by atoms with E-state index < -0.39 is 15.8 Å². The van der Waals surface area contributed by atoms with Crippen molar-refractivity contribution in [3.05, 3.63) is 48.5 Å². The highest BCUT2D eigenvalue weighted by Crippen LogP contribution is 2.32. The smallest absolute Gasteiger partial charge is 0.274 e. The van der Waals surface area contributed by atoms with Gasteiger partial charge in [-0.25, -0.2) is 0 Å². The van der Waals surface area contributed by atoms with E-state index in [0.717, 1.165) is 6.07 Å². The number of nitrogens with zero attached hydrogens (tertiary/aromatic N) is 3. The van der Waals surface area contributed by atoms with E-state index >= 15 is 0 Å². The summed E-state index contributed by atoms with van der Waals surface area (Å²) in [6.07, 6.45) is 0.402. The maximum Gasteiger partial charge on any atom is 0.274 e. The van der Waals surface area contributed by atoms with E-state index in [9.17, 15) is 25.5 Å². The van der Waals surface area contributed by atoms with Gasteiger partial charge < -0.3 is 11.5 Å². The predicted molar refractivity (Wildman–Crippen MR) is 98.9 cm³/mol. The Hall–Kier alpha value is -2.71. The molecule has 25 heavy (non-hydrogen) atoms. The van der Waals surface area contributed by atoms with Crippen molar-refractivity contribution in [2.24, 2.45) is 17.4 Å². The van der Waals surface area contributed by atoms with Crippen LogP contribution in [0.25, 0.3) is 0 Å². The SMILES string of the molecule is CCC(Cc1c([N+](=O)[O-])cc(C#N)c(C(N)=S)c1C(N)=S)C[N+](=O)[O-]. The van der Waals surface area contributed by atoms with Crippen molar-refractivity contribution in [3.8, 4) is 6.07 Å². The van der Waals surface area contributed by atoms with Crippen LogP contribution >= 0.6 is 24.4 Å². The van der Waals surface area contributed by atoms with Crippen molar-refractivity contribution in [2.75, 3.05) is 6.54 Å². The highest BCUT2D eigenvalue weighted by molar-refractivity contribution is 7.81. The van der Waals surface area contributed by atoms with Crippen LogP contribution in [0.4, 0.5) is 5.69 Å². The minimum absolute atomic E-state index is 0.0121. The van der Waals surface area contributed by atoms with Crippen molar-refractivity contribution in [2.45, 2.75) is 19.8 Å². The molecular formula is C14H15N5O4S2. The monoisotopic (exact) mass is 381 g/mol. The van der Waals surface area contributed by atoms with Crippen LogP contribution in [0.15, 0.2) is 6.07 Å². The minimum Gasteiger partial charge on any atom is -0.389 e. The lowest BCUT2D eigenvalue weighted by Crippen LogP contribution is -2.25. The van der Waals surface area contributed by atoms with Crippen LogP contribution in [0, 0.1) is 37.5 Å². The molecule has 1 rings (SSSR count). The van der Waals surface area contributed by atoms with Gasteiger partial charge in [-0.3, -0.25) is 20.2 Å². The first-order chi connectivity index (χ1) is 11.6. The average molecular weight is 381 g/mol. The molecule has 1 aromatic carbocycles. The highest BCUT2D eigenvalue weighted by atomic mass is 32.1. The summed E-state index contributed by atoms with van der Waals surface area (Å²) in [6.45, 7) is 1.37. The van der Waals surface area contributed by atoms with Gasteiger partial charge in [0.15, 0.2) is 0 Å². The lowest BCUT2D eigenvalue weighted by atomic mass is 9.87. The van der Waals surface area contributed by atoms with Crippen LogP contribution in [0.2, 0.25) is 0 Å². The topological polar surface area (TPSA) is 162 Å². The van der Waals surface area contributed by atoms with Gasteiger partial charge in [0.1, 0.15) is 16.0 Å². The summed E-state index contributed by atoms with van der Waals surface area (Å²) in [5, 5.41) is 31.5. The minimum atomic E-state index is -0.680. The van der Waals surface area contributed by atoms with Gasteiger partial charge in [0.05, 0.1) is 10.5 Å². The van der Waals surface area contributed by atoms with Crippen molar-refractivity contribution in [3.63, 3.8) is 0 Å². The van der Waals surface area contributed by atoms with Crippen molar-refractivity contribution >= 4 is 40.1 Å². The molecule has 0 aliphatic rings. The number of nitriles is 1. The normalized spacial score (nSPS) is 11.4. The summed E-state index contributed by atoms with van der Waals surface area (Å²) in [7, 11) is 0. The number of nitrogens with two attached hydrogens (primary N) is 2. The zero-order valence-electron chi connectivity index (χ0n) is 13.2. The number of thiocarbonyl (C=S) groups is 2. The largest absolute Gasteiger partial charge is 0.389 e. The van der Waals surface area contributed by atoms with Crippen molar-refractivity contribution < 1.29 is 9.85 Å². The molecule has 0 saturated heterocycles. The third kappa shape index (κ3) is 4.65. The van der Waals surface area contributed by atoms with Crippen LogP contribution < -0.4 is 11.5 Å². The Labute approximate surface area is 153 Å². The van der Waals surface area contributed by atoms with E-state index in [4.69, 9.17) is 35.9 Å². The molecule has 4 N–H and O–H groups in total. The molecule has 0 heterocycles. The Balaban J connectivity index is 3.78. The molecule has 0 aromatic heterocycles. The summed E-state index contributed by atoms with van der Waals surface area (Å²) >= 11 is 9.92. The van der Waals surface area contributed by atoms with Crippen molar-refractivity contribution in [1.82, 2.24) is 0 Å². The van der Waals surface area contributed by atoms with Gasteiger partial charge in [0.2, 0.25) is 6.54 Å². The van der Waals surface area contributed by atoms with Crippen LogP contribution in [-0.4, -0.2) is 26.4 Å². The van der Waals surface area contributed by atoms with E-state index in [2.05, 4.69) is 0 Å². The van der Waals surface area contributed by atoms with Gasteiger partial charge in [-0.05, 0) is 12.8 Å². The summed E-state index contributed by atoms with van der Waals surface area (Å²) in [4.78, 5) is 20.7. The molecule has 0 radical (unpaired) electrons. The molecule has 0 spiro atoms. The van der Waals surface area contributed by atoms with E-state index in [0.29, 0.717) is 6.42 Å². The second kappa shape index (κ2) is 8.41. The van der Waals surface area contributed by atoms with Gasteiger partial charge >= 0.3 is 0 Å². The first kappa shape index (κ1) is 20.3. The van der Waals surface area contributed by atoms with Crippen molar-refractivity contribution in [1.29, 1.82) is 5.26 Å². The molecule has 1 atom stereocenters. The fourth-order valence-electron chi connectivity index (χ4n) is 2.53. The molecule has 0 amide bonds. The van der Waals surface area contributed by atoms with Crippen LogP contribution in [0.5, 0.6) is 0 Å². The fourth-order valence-corrected chi connectivity index (χ4v) is 2.97. The number of nitro benzene ring substituents is 1. The average Bonchev–Trinajstić information content (AvgIpc) is 2.51. The Kier molecular flexibility index (Phi) is 6.84. The van der Waals surface area contributed by atoms with E-state index in [-0.39, 0.29) is 50.9 Å². The molecule has 1 aromatic rings. The summed E-state index contributed by atoms with van der Waals surface area (Å²) in [6, 6.07) is 2.84. The van der Waals surface area contributed by atoms with E-state index in [1.807, 2.05) is 0 Å². The molecule has 0 aliphatic carbocycles. The first-order valence-corrected chi connectivity index (χ1v) is 7.91. The molecule has 0 fully saturated rings. The molecule has 1 unspecified atom stereocenters. The number of benzene rings is 1. The highest BCUT2D eigenvalue weighted by Gasteiger charge is 2.29. The third-order valence-corrected chi connectivity index (χ3v) is 4.11. The second-order valence-electron chi connectivity index (χ2n) is 5.26. The molecule has 0 saturated carbocycles. The Morgan fingerprint density at radius 2 is 1.84 bits per heavy atom. The van der Waals surface area contributed by atoms with Gasteiger partial charge in [0.25, 0.3) is 5.69 Å². The molecule has 9 nitrogen and oxygen atoms in total. The standard InChI is InChI=1S/C14H15N5O4S2/c1-2-7(6-18(20)21)3-9-10(19(22)23)4-8(5-15)11(13(16)24)12(9)14(17)25/h4,7H,2-3,6H2,1H3,(H2,16,24)(H2,17,25). The Morgan fingerprint density at radius 1 is 1.28 bits per heavy atom. The molecule has 0 aliphatic heterocycles. The lowest BCUT2D eigenvalue weighted by molar-refractivity contribution is -0.488. The number of hydrogen-bond donors (Lipinski definition) is 2. The maximum absolute atomic E-state index is 11.5. The van der Waals surface area contributed by atoms with Gasteiger partial charge in [0, 0.05) is 33.6 Å². The third-order valence-electron chi connectivity index (χ3n) is 3.70. The Bertz CT molecular complexity index is 803. The predicted octanol–water partition coefficient (Wildman–Crippen LogP) is 1.58. The molecule has 132 valence electrons. The summed E-state index contributed by atoms with van der Waals surface area (Å²) in [5.74, 6) is -0.478. The Morgan fingerprint density at radius 3 is 2.20 bits per heavy atom. The maximum atomic E-state index is 11.5. The molecule has 11 heteroatoms.